The lowest BCUT2D eigenvalue weighted by Gasteiger charge is -2.13. The molecule has 0 aromatic heterocycles. The topological polar surface area (TPSA) is 85.3 Å². The molecule has 0 amide bonds. The Morgan fingerprint density at radius 2 is 2.21 bits per heavy atom. The number of nitrogens with two attached hydrogens (primary N) is 1. The maximum Gasteiger partial charge on any atom is 0.387 e. The van der Waals surface area contributed by atoms with E-state index in [9.17, 15) is 13.6 Å². The van der Waals surface area contributed by atoms with Crippen molar-refractivity contribution in [3.63, 3.8) is 0 Å². The molecule has 1 aromatic carbocycles. The fourth-order valence-electron chi connectivity index (χ4n) is 1.52. The highest BCUT2D eigenvalue weighted by Gasteiger charge is 2.18. The molecule has 0 heterocycles. The van der Waals surface area contributed by atoms with E-state index in [0.29, 0.717) is 5.56 Å². The molecule has 0 aliphatic heterocycles. The van der Waals surface area contributed by atoms with Crippen LogP contribution in [0.3, 0.4) is 0 Å². The standard InChI is InChI=1S/C12H12F2N2O3/c1-18-11(17)4-9-8(6-16)2-7(5-15)3-10(9)19-12(13)14/h2-3,12H,4-5,15H2,1H3. The van der Waals surface area contributed by atoms with Crippen LogP contribution in [0.5, 0.6) is 5.75 Å². The Morgan fingerprint density at radius 3 is 2.68 bits per heavy atom. The molecule has 0 atom stereocenters. The van der Waals surface area contributed by atoms with Crippen molar-refractivity contribution in [3.8, 4) is 11.8 Å². The first kappa shape index (κ1) is 14.9. The summed E-state index contributed by atoms with van der Waals surface area (Å²) in [4.78, 5) is 11.2. The molecule has 0 aliphatic rings. The van der Waals surface area contributed by atoms with E-state index >= 15 is 0 Å². The van der Waals surface area contributed by atoms with Gasteiger partial charge < -0.3 is 15.2 Å². The van der Waals surface area contributed by atoms with Crippen molar-refractivity contribution in [1.82, 2.24) is 0 Å². The average Bonchev–Trinajstić information content (AvgIpc) is 2.39. The van der Waals surface area contributed by atoms with Gasteiger partial charge in [0.2, 0.25) is 0 Å². The summed E-state index contributed by atoms with van der Waals surface area (Å²) in [7, 11) is 1.16. The summed E-state index contributed by atoms with van der Waals surface area (Å²) in [6, 6.07) is 4.54. The first-order valence-electron chi connectivity index (χ1n) is 5.29. The van der Waals surface area contributed by atoms with Crippen molar-refractivity contribution in [1.29, 1.82) is 5.26 Å². The van der Waals surface area contributed by atoms with Gasteiger partial charge in [0.15, 0.2) is 0 Å². The third kappa shape index (κ3) is 3.89. The summed E-state index contributed by atoms with van der Waals surface area (Å²) >= 11 is 0. The first-order valence-corrected chi connectivity index (χ1v) is 5.29. The number of benzene rings is 1. The minimum atomic E-state index is -3.06. The number of nitriles is 1. The largest absolute Gasteiger partial charge is 0.469 e. The molecule has 0 bridgehead atoms. The van der Waals surface area contributed by atoms with Crippen LogP contribution >= 0.6 is 0 Å². The zero-order valence-electron chi connectivity index (χ0n) is 10.2. The minimum Gasteiger partial charge on any atom is -0.469 e. The van der Waals surface area contributed by atoms with Crippen LogP contribution in [0, 0.1) is 11.3 Å². The van der Waals surface area contributed by atoms with Crippen LogP contribution in [0.1, 0.15) is 16.7 Å². The highest BCUT2D eigenvalue weighted by molar-refractivity contribution is 5.75. The number of ether oxygens (including phenoxy) is 2. The van der Waals surface area contributed by atoms with Crippen molar-refractivity contribution in [2.75, 3.05) is 7.11 Å². The third-order valence-corrected chi connectivity index (χ3v) is 2.39. The van der Waals surface area contributed by atoms with Crippen LogP contribution in [0.4, 0.5) is 8.78 Å². The van der Waals surface area contributed by atoms with Crippen LogP contribution in [0.15, 0.2) is 12.1 Å². The van der Waals surface area contributed by atoms with Crippen molar-refractivity contribution >= 4 is 5.97 Å². The van der Waals surface area contributed by atoms with Gasteiger partial charge in [0, 0.05) is 12.1 Å². The maximum absolute atomic E-state index is 12.3. The van der Waals surface area contributed by atoms with E-state index in [1.807, 2.05) is 6.07 Å². The van der Waals surface area contributed by atoms with E-state index < -0.39 is 12.6 Å². The Balaban J connectivity index is 3.29. The molecule has 5 nitrogen and oxygen atoms in total. The number of carbonyl (C=O) groups is 1. The number of rotatable bonds is 5. The normalized spacial score (nSPS) is 10.1. The number of hydrogen-bond donors (Lipinski definition) is 1. The van der Waals surface area contributed by atoms with Crippen molar-refractivity contribution < 1.29 is 23.0 Å². The Hall–Kier alpha value is -2.20. The van der Waals surface area contributed by atoms with Crippen LogP contribution in [0.2, 0.25) is 0 Å². The zero-order chi connectivity index (χ0) is 14.4. The second kappa shape index (κ2) is 6.66. The van der Waals surface area contributed by atoms with Gasteiger partial charge in [0.25, 0.3) is 0 Å². The molecule has 0 saturated carbocycles. The molecule has 102 valence electrons. The number of carbonyl (C=O) groups excluding carboxylic acids is 1. The molecule has 19 heavy (non-hydrogen) atoms. The van der Waals surface area contributed by atoms with E-state index in [0.717, 1.165) is 7.11 Å². The van der Waals surface area contributed by atoms with Gasteiger partial charge in [-0.05, 0) is 17.7 Å². The van der Waals surface area contributed by atoms with Crippen molar-refractivity contribution in [2.45, 2.75) is 19.6 Å². The van der Waals surface area contributed by atoms with Crippen molar-refractivity contribution in [2.24, 2.45) is 5.73 Å². The molecule has 1 rings (SSSR count). The highest BCUT2D eigenvalue weighted by Crippen LogP contribution is 2.27. The average molecular weight is 270 g/mol. The van der Waals surface area contributed by atoms with Crippen LogP contribution in [-0.4, -0.2) is 19.7 Å². The predicted molar refractivity (Wildman–Crippen MR) is 61.4 cm³/mol. The van der Waals surface area contributed by atoms with E-state index in [-0.39, 0.29) is 29.8 Å². The summed E-state index contributed by atoms with van der Waals surface area (Å²) < 4.78 is 33.5. The second-order valence-corrected chi connectivity index (χ2v) is 3.57. The summed E-state index contributed by atoms with van der Waals surface area (Å²) in [5.41, 5.74) is 5.99. The first-order chi connectivity index (χ1) is 9.01. The maximum atomic E-state index is 12.3. The second-order valence-electron chi connectivity index (χ2n) is 3.57. The third-order valence-electron chi connectivity index (χ3n) is 2.39. The molecule has 2 N–H and O–H groups in total. The van der Waals surface area contributed by atoms with Gasteiger partial charge in [-0.2, -0.15) is 14.0 Å². The number of alkyl halides is 2. The number of halogens is 2. The van der Waals surface area contributed by atoms with Gasteiger partial charge in [-0.25, -0.2) is 0 Å². The van der Waals surface area contributed by atoms with E-state index in [1.54, 1.807) is 0 Å². The van der Waals surface area contributed by atoms with E-state index in [1.165, 1.54) is 12.1 Å². The molecular formula is C12H12F2N2O3. The molecule has 1 aromatic rings. The molecule has 7 heteroatoms. The molecule has 0 radical (unpaired) electrons. The minimum absolute atomic E-state index is 0.0593. The van der Waals surface area contributed by atoms with Gasteiger partial charge in [-0.1, -0.05) is 0 Å². The number of methoxy groups -OCH3 is 1. The Morgan fingerprint density at radius 1 is 1.53 bits per heavy atom. The van der Waals surface area contributed by atoms with Crippen LogP contribution in [-0.2, 0) is 22.5 Å². The van der Waals surface area contributed by atoms with E-state index in [4.69, 9.17) is 11.0 Å². The molecule has 0 unspecified atom stereocenters. The Labute approximate surface area is 108 Å². The zero-order valence-corrected chi connectivity index (χ0v) is 10.2. The predicted octanol–water partition coefficient (Wildman–Crippen LogP) is 1.33. The number of hydrogen-bond acceptors (Lipinski definition) is 5. The molecule has 0 aliphatic carbocycles. The quantitative estimate of drug-likeness (QED) is 0.816. The summed E-state index contributed by atoms with van der Waals surface area (Å²) in [6.45, 7) is -3.00. The lowest BCUT2D eigenvalue weighted by atomic mass is 10.0. The SMILES string of the molecule is COC(=O)Cc1c(C#N)cc(CN)cc1OC(F)F. The fourth-order valence-corrected chi connectivity index (χ4v) is 1.52. The van der Waals surface area contributed by atoms with Gasteiger partial charge in [0.1, 0.15) is 5.75 Å². The molecule has 0 spiro atoms. The lowest BCUT2D eigenvalue weighted by Crippen LogP contribution is -2.12. The summed E-state index contributed by atoms with van der Waals surface area (Å²) in [5, 5.41) is 9.00. The van der Waals surface area contributed by atoms with Crippen LogP contribution < -0.4 is 10.5 Å². The monoisotopic (exact) mass is 270 g/mol. The summed E-state index contributed by atoms with van der Waals surface area (Å²) in [6.07, 6.45) is -0.327. The van der Waals surface area contributed by atoms with Gasteiger partial charge in [-0.3, -0.25) is 4.79 Å². The molecular weight excluding hydrogens is 258 g/mol. The molecule has 0 saturated heterocycles. The number of esters is 1. The van der Waals surface area contributed by atoms with Gasteiger partial charge in [-0.15, -0.1) is 0 Å². The summed E-state index contributed by atoms with van der Waals surface area (Å²) in [5.74, 6) is -0.893. The van der Waals surface area contributed by atoms with Crippen molar-refractivity contribution in [3.05, 3.63) is 28.8 Å². The fraction of sp³-hybridized carbons (Fsp3) is 0.333. The highest BCUT2D eigenvalue weighted by atomic mass is 19.3. The van der Waals surface area contributed by atoms with Gasteiger partial charge >= 0.3 is 12.6 Å². The van der Waals surface area contributed by atoms with Crippen LogP contribution in [0.25, 0.3) is 0 Å². The molecule has 0 fully saturated rings. The number of nitrogens with zero attached hydrogens (tertiary/aromatic N) is 1. The Kier molecular flexibility index (Phi) is 5.21. The Bertz CT molecular complexity index is 512. The van der Waals surface area contributed by atoms with Gasteiger partial charge in [0.05, 0.1) is 25.2 Å². The smallest absolute Gasteiger partial charge is 0.387 e. The lowest BCUT2D eigenvalue weighted by molar-refractivity contribution is -0.139. The van der Waals surface area contributed by atoms with E-state index in [2.05, 4.69) is 9.47 Å².